The number of hydrogen-bond acceptors (Lipinski definition) is 6. The lowest BCUT2D eigenvalue weighted by molar-refractivity contribution is 0.0621. The number of nitrogens with one attached hydrogen (secondary N) is 1. The maximum Gasteiger partial charge on any atom is 0.265 e. The van der Waals surface area contributed by atoms with E-state index in [1.807, 2.05) is 32.9 Å². The zero-order valence-corrected chi connectivity index (χ0v) is 14.2. The molecule has 1 unspecified atom stereocenters. The topological polar surface area (TPSA) is 90.1 Å². The Morgan fingerprint density at radius 1 is 1.52 bits per heavy atom. The first-order valence-corrected chi connectivity index (χ1v) is 8.37. The van der Waals surface area contributed by atoms with Crippen LogP contribution in [0.15, 0.2) is 18.2 Å². The van der Waals surface area contributed by atoms with Gasteiger partial charge in [0.05, 0.1) is 11.7 Å². The number of amides is 1. The summed E-state index contributed by atoms with van der Waals surface area (Å²) < 4.78 is 9.87. The van der Waals surface area contributed by atoms with E-state index >= 15 is 0 Å². The van der Waals surface area contributed by atoms with Crippen molar-refractivity contribution >= 4 is 23.1 Å². The number of rotatable bonds is 3. The third-order valence-corrected chi connectivity index (χ3v) is 4.66. The molecule has 6 nitrogen and oxygen atoms in total. The number of nitrogens with zero attached hydrogens (tertiary/aromatic N) is 2. The molecule has 122 valence electrons. The molecule has 0 radical (unpaired) electrons. The van der Waals surface area contributed by atoms with Crippen LogP contribution < -0.4 is 15.8 Å². The number of nitrogens with two attached hydrogens (primary N) is 1. The molecule has 2 heterocycles. The number of fused-ring (bicyclic) bond motifs is 1. The van der Waals surface area contributed by atoms with Crippen molar-refractivity contribution < 1.29 is 9.53 Å². The van der Waals surface area contributed by atoms with Gasteiger partial charge in [0.15, 0.2) is 0 Å². The molecule has 0 saturated heterocycles. The van der Waals surface area contributed by atoms with Crippen LogP contribution in [0.1, 0.15) is 54.2 Å². The van der Waals surface area contributed by atoms with Gasteiger partial charge in [-0.2, -0.15) is 0 Å². The Hall–Kier alpha value is -2.15. The van der Waals surface area contributed by atoms with Crippen LogP contribution >= 0.6 is 11.5 Å². The Balaban J connectivity index is 1.90. The molecule has 7 heteroatoms. The fraction of sp³-hybridized carbons (Fsp3) is 0.438. The highest BCUT2D eigenvalue weighted by atomic mass is 32.1. The van der Waals surface area contributed by atoms with Gasteiger partial charge < -0.3 is 15.8 Å². The van der Waals surface area contributed by atoms with Crippen molar-refractivity contribution in [3.63, 3.8) is 0 Å². The second kappa shape index (κ2) is 5.81. The summed E-state index contributed by atoms with van der Waals surface area (Å²) in [6, 6.07) is 5.37. The minimum Gasteiger partial charge on any atom is -0.487 e. The van der Waals surface area contributed by atoms with E-state index in [0.29, 0.717) is 23.4 Å². The van der Waals surface area contributed by atoms with Crippen molar-refractivity contribution in [2.24, 2.45) is 0 Å². The molecular formula is C16H20N4O2S. The van der Waals surface area contributed by atoms with Crippen LogP contribution in [-0.2, 0) is 6.42 Å². The number of benzene rings is 1. The third kappa shape index (κ3) is 3.14. The minimum absolute atomic E-state index is 0.145. The van der Waals surface area contributed by atoms with E-state index in [0.717, 1.165) is 28.5 Å². The number of anilines is 1. The van der Waals surface area contributed by atoms with Crippen LogP contribution in [0.2, 0.25) is 0 Å². The molecule has 23 heavy (non-hydrogen) atoms. The van der Waals surface area contributed by atoms with Crippen LogP contribution in [0.4, 0.5) is 5.69 Å². The normalized spacial score (nSPS) is 18.8. The Morgan fingerprint density at radius 2 is 2.30 bits per heavy atom. The molecule has 3 N–H and O–H groups in total. The van der Waals surface area contributed by atoms with Gasteiger partial charge in [-0.3, -0.25) is 4.79 Å². The summed E-state index contributed by atoms with van der Waals surface area (Å²) in [6.45, 7) is 5.98. The van der Waals surface area contributed by atoms with Crippen molar-refractivity contribution in [1.29, 1.82) is 0 Å². The summed E-state index contributed by atoms with van der Waals surface area (Å²) in [6.07, 6.45) is 1.35. The fourth-order valence-electron chi connectivity index (χ4n) is 2.84. The summed E-state index contributed by atoms with van der Waals surface area (Å²) in [5.41, 5.74) is 7.83. The molecule has 0 aliphatic carbocycles. The summed E-state index contributed by atoms with van der Waals surface area (Å²) >= 11 is 1.13. The van der Waals surface area contributed by atoms with E-state index < -0.39 is 0 Å². The van der Waals surface area contributed by atoms with E-state index in [1.165, 1.54) is 0 Å². The Kier molecular flexibility index (Phi) is 3.97. The lowest BCUT2D eigenvalue weighted by Gasteiger charge is -2.38. The Bertz CT molecular complexity index is 741. The van der Waals surface area contributed by atoms with Crippen LogP contribution in [0, 0.1) is 0 Å². The summed E-state index contributed by atoms with van der Waals surface area (Å²) in [7, 11) is 0. The monoisotopic (exact) mass is 332 g/mol. The van der Waals surface area contributed by atoms with Gasteiger partial charge in [-0.05, 0) is 50.0 Å². The molecular weight excluding hydrogens is 312 g/mol. The maximum atomic E-state index is 12.6. The van der Waals surface area contributed by atoms with Gasteiger partial charge in [0.2, 0.25) is 0 Å². The van der Waals surface area contributed by atoms with Gasteiger partial charge in [0, 0.05) is 17.7 Å². The van der Waals surface area contributed by atoms with Gasteiger partial charge in [0.25, 0.3) is 5.91 Å². The first-order valence-electron chi connectivity index (χ1n) is 7.60. The maximum absolute atomic E-state index is 12.6. The van der Waals surface area contributed by atoms with Crippen LogP contribution in [0.3, 0.4) is 0 Å². The van der Waals surface area contributed by atoms with Crippen LogP contribution in [0.25, 0.3) is 0 Å². The predicted octanol–water partition coefficient (Wildman–Crippen LogP) is 2.71. The number of ether oxygens (including phenoxy) is 1. The summed E-state index contributed by atoms with van der Waals surface area (Å²) in [4.78, 5) is 13.2. The highest BCUT2D eigenvalue weighted by molar-refractivity contribution is 7.08. The zero-order valence-electron chi connectivity index (χ0n) is 13.4. The molecule has 0 bridgehead atoms. The number of hydrogen-bond donors (Lipinski definition) is 2. The molecule has 1 aromatic heterocycles. The molecule has 0 spiro atoms. The third-order valence-electron chi connectivity index (χ3n) is 3.89. The molecule has 1 aliphatic rings. The fourth-order valence-corrected chi connectivity index (χ4v) is 3.49. The smallest absolute Gasteiger partial charge is 0.265 e. The predicted molar refractivity (Wildman–Crippen MR) is 89.7 cm³/mol. The standard InChI is InChI=1S/C16H20N4O2S/c1-4-11-14(23-20-19-11)15(21)18-12-8-16(2,3)22-13-6-5-9(17)7-10(12)13/h5-7,12H,4,8,17H2,1-3H3,(H,18,21). The van der Waals surface area contributed by atoms with Crippen molar-refractivity contribution in [2.75, 3.05) is 5.73 Å². The molecule has 0 fully saturated rings. The first-order chi connectivity index (χ1) is 10.9. The van der Waals surface area contributed by atoms with E-state index in [1.54, 1.807) is 6.07 Å². The van der Waals surface area contributed by atoms with Crippen LogP contribution in [-0.4, -0.2) is 21.1 Å². The number of aryl methyl sites for hydroxylation is 1. The highest BCUT2D eigenvalue weighted by Gasteiger charge is 2.35. The number of carbonyl (C=O) groups excluding carboxylic acids is 1. The van der Waals surface area contributed by atoms with Crippen molar-refractivity contribution in [2.45, 2.75) is 45.3 Å². The zero-order chi connectivity index (χ0) is 16.6. The van der Waals surface area contributed by atoms with E-state index in [9.17, 15) is 4.79 Å². The Labute approximate surface area is 139 Å². The molecule has 2 aromatic rings. The minimum atomic E-state index is -0.361. The Morgan fingerprint density at radius 3 is 3.04 bits per heavy atom. The largest absolute Gasteiger partial charge is 0.487 e. The molecule has 3 rings (SSSR count). The van der Waals surface area contributed by atoms with Crippen molar-refractivity contribution in [3.8, 4) is 5.75 Å². The van der Waals surface area contributed by atoms with Gasteiger partial charge in [-0.25, -0.2) is 0 Å². The van der Waals surface area contributed by atoms with Crippen molar-refractivity contribution in [1.82, 2.24) is 14.9 Å². The summed E-state index contributed by atoms with van der Waals surface area (Å²) in [5.74, 6) is 0.617. The average Bonchev–Trinajstić information content (AvgIpc) is 2.96. The van der Waals surface area contributed by atoms with Gasteiger partial charge >= 0.3 is 0 Å². The number of carbonyl (C=O) groups is 1. The molecule has 1 aliphatic heterocycles. The van der Waals surface area contributed by atoms with E-state index in [-0.39, 0.29) is 17.6 Å². The molecule has 0 saturated carbocycles. The lowest BCUT2D eigenvalue weighted by Crippen LogP contribution is -2.41. The first kappa shape index (κ1) is 15.7. The second-order valence-corrected chi connectivity index (χ2v) is 7.05. The van der Waals surface area contributed by atoms with Crippen LogP contribution in [0.5, 0.6) is 5.75 Å². The van der Waals surface area contributed by atoms with Crippen molar-refractivity contribution in [3.05, 3.63) is 34.3 Å². The molecule has 1 aromatic carbocycles. The van der Waals surface area contributed by atoms with Gasteiger partial charge in [-0.1, -0.05) is 11.4 Å². The number of aromatic nitrogens is 2. The second-order valence-electron chi connectivity index (χ2n) is 6.29. The van der Waals surface area contributed by atoms with Gasteiger partial charge in [-0.15, -0.1) is 5.10 Å². The van der Waals surface area contributed by atoms with E-state index in [4.69, 9.17) is 10.5 Å². The SMILES string of the molecule is CCc1nnsc1C(=O)NC1CC(C)(C)Oc2ccc(N)cc21. The van der Waals surface area contributed by atoms with Gasteiger partial charge in [0.1, 0.15) is 16.2 Å². The lowest BCUT2D eigenvalue weighted by atomic mass is 9.89. The number of nitrogen functional groups attached to an aromatic ring is 1. The quantitative estimate of drug-likeness (QED) is 0.844. The molecule has 1 atom stereocenters. The summed E-state index contributed by atoms with van der Waals surface area (Å²) in [5, 5.41) is 7.09. The van der Waals surface area contributed by atoms with E-state index in [2.05, 4.69) is 14.9 Å². The average molecular weight is 332 g/mol. The molecule has 1 amide bonds. The highest BCUT2D eigenvalue weighted by Crippen LogP contribution is 2.40.